The number of amides is 1. The number of likely N-dealkylation sites (tertiary alicyclic amines) is 1. The summed E-state index contributed by atoms with van der Waals surface area (Å²) in [5.41, 5.74) is -2.06. The van der Waals surface area contributed by atoms with Crippen LogP contribution in [0.5, 0.6) is 11.5 Å². The van der Waals surface area contributed by atoms with Crippen molar-refractivity contribution in [1.29, 1.82) is 0 Å². The van der Waals surface area contributed by atoms with Gasteiger partial charge in [-0.15, -0.1) is 0 Å². The van der Waals surface area contributed by atoms with Crippen molar-refractivity contribution < 1.29 is 37.3 Å². The first-order valence-electron chi connectivity index (χ1n) is 8.88. The van der Waals surface area contributed by atoms with Gasteiger partial charge in [-0.2, -0.15) is 13.2 Å². The molecule has 10 heteroatoms. The standard InChI is InChI=1S/C18H23F3N2O5/c1-26-14-4-3-12(9-15(14)27-2)23-11-13(28-16(23)24)10-22-7-5-17(25,6-8-22)18(19,20)21/h3-4,9,13,25H,5-8,10-11H2,1-2H3. The highest BCUT2D eigenvalue weighted by Gasteiger charge is 2.54. The molecule has 0 saturated carbocycles. The summed E-state index contributed by atoms with van der Waals surface area (Å²) in [6, 6.07) is 5.04. The number of nitrogens with zero attached hydrogens (tertiary/aromatic N) is 2. The van der Waals surface area contributed by atoms with E-state index in [4.69, 9.17) is 14.2 Å². The van der Waals surface area contributed by atoms with Gasteiger partial charge in [0, 0.05) is 25.7 Å². The maximum absolute atomic E-state index is 12.9. The first kappa shape index (κ1) is 20.5. The van der Waals surface area contributed by atoms with Gasteiger partial charge in [-0.3, -0.25) is 9.80 Å². The number of hydrogen-bond acceptors (Lipinski definition) is 6. The van der Waals surface area contributed by atoms with Crippen molar-refractivity contribution in [2.75, 3.05) is 45.3 Å². The van der Waals surface area contributed by atoms with Gasteiger partial charge in [-0.25, -0.2) is 4.79 Å². The van der Waals surface area contributed by atoms with E-state index in [0.29, 0.717) is 23.7 Å². The highest BCUT2D eigenvalue weighted by Crippen LogP contribution is 2.38. The second-order valence-electron chi connectivity index (χ2n) is 6.99. The molecule has 2 heterocycles. The number of halogens is 3. The molecule has 2 aliphatic rings. The van der Waals surface area contributed by atoms with E-state index in [1.807, 2.05) is 0 Å². The van der Waals surface area contributed by atoms with Gasteiger partial charge in [0.2, 0.25) is 0 Å². The van der Waals surface area contributed by atoms with Crippen molar-refractivity contribution in [1.82, 2.24) is 4.90 Å². The van der Waals surface area contributed by atoms with E-state index in [1.165, 1.54) is 19.1 Å². The van der Waals surface area contributed by atoms with E-state index in [-0.39, 0.29) is 19.6 Å². The molecule has 1 aromatic rings. The van der Waals surface area contributed by atoms with Gasteiger partial charge in [0.25, 0.3) is 0 Å². The summed E-state index contributed by atoms with van der Waals surface area (Å²) >= 11 is 0. The molecule has 2 aliphatic heterocycles. The average Bonchev–Trinajstić information content (AvgIpc) is 3.02. The zero-order valence-electron chi connectivity index (χ0n) is 15.7. The Morgan fingerprint density at radius 2 is 1.86 bits per heavy atom. The van der Waals surface area contributed by atoms with Crippen molar-refractivity contribution in [3.63, 3.8) is 0 Å². The van der Waals surface area contributed by atoms with Crippen LogP contribution in [0.2, 0.25) is 0 Å². The Balaban J connectivity index is 1.60. The van der Waals surface area contributed by atoms with Crippen LogP contribution in [0.15, 0.2) is 18.2 Å². The topological polar surface area (TPSA) is 71.5 Å². The highest BCUT2D eigenvalue weighted by molar-refractivity contribution is 5.90. The third-order valence-electron chi connectivity index (χ3n) is 5.23. The van der Waals surface area contributed by atoms with E-state index in [1.54, 1.807) is 23.1 Å². The molecule has 1 amide bonds. The number of piperidine rings is 1. The first-order chi connectivity index (χ1) is 13.2. The monoisotopic (exact) mass is 404 g/mol. The molecule has 0 aliphatic carbocycles. The molecule has 0 radical (unpaired) electrons. The molecule has 28 heavy (non-hydrogen) atoms. The van der Waals surface area contributed by atoms with Gasteiger partial charge >= 0.3 is 12.3 Å². The van der Waals surface area contributed by atoms with Crippen LogP contribution < -0.4 is 14.4 Å². The summed E-state index contributed by atoms with van der Waals surface area (Å²) in [6.45, 7) is 0.749. The Morgan fingerprint density at radius 3 is 2.43 bits per heavy atom. The number of anilines is 1. The number of carbonyl (C=O) groups is 1. The zero-order valence-corrected chi connectivity index (χ0v) is 15.7. The molecule has 1 N–H and O–H groups in total. The molecule has 7 nitrogen and oxygen atoms in total. The fraction of sp³-hybridized carbons (Fsp3) is 0.611. The van der Waals surface area contributed by atoms with Gasteiger partial charge in [0.15, 0.2) is 17.1 Å². The molecule has 0 bridgehead atoms. The van der Waals surface area contributed by atoms with Crippen LogP contribution in [-0.2, 0) is 4.74 Å². The molecule has 2 fully saturated rings. The molecular formula is C18H23F3N2O5. The Hall–Kier alpha value is -2.20. The van der Waals surface area contributed by atoms with Crippen LogP contribution >= 0.6 is 0 Å². The third kappa shape index (κ3) is 3.97. The number of aliphatic hydroxyl groups is 1. The molecule has 1 atom stereocenters. The highest BCUT2D eigenvalue weighted by atomic mass is 19.4. The zero-order chi connectivity index (χ0) is 20.5. The number of rotatable bonds is 5. The van der Waals surface area contributed by atoms with Crippen molar-refractivity contribution in [2.45, 2.75) is 30.7 Å². The predicted molar refractivity (Wildman–Crippen MR) is 93.8 cm³/mol. The fourth-order valence-corrected chi connectivity index (χ4v) is 3.50. The van der Waals surface area contributed by atoms with E-state index in [2.05, 4.69) is 0 Å². The largest absolute Gasteiger partial charge is 0.493 e. The molecule has 3 rings (SSSR count). The van der Waals surface area contributed by atoms with Crippen LogP contribution in [0.1, 0.15) is 12.8 Å². The third-order valence-corrected chi connectivity index (χ3v) is 5.23. The maximum Gasteiger partial charge on any atom is 0.417 e. The van der Waals surface area contributed by atoms with Crippen molar-refractivity contribution in [3.8, 4) is 11.5 Å². The molecule has 156 valence electrons. The fourth-order valence-electron chi connectivity index (χ4n) is 3.50. The van der Waals surface area contributed by atoms with Gasteiger partial charge in [-0.05, 0) is 25.0 Å². The first-order valence-corrected chi connectivity index (χ1v) is 8.88. The Kier molecular flexibility index (Phi) is 5.62. The van der Waals surface area contributed by atoms with Crippen molar-refractivity contribution in [2.24, 2.45) is 0 Å². The van der Waals surface area contributed by atoms with Gasteiger partial charge in [0.05, 0.1) is 26.5 Å². The number of hydrogen-bond donors (Lipinski definition) is 1. The minimum absolute atomic E-state index is 0.0837. The number of carbonyl (C=O) groups excluding carboxylic acids is 1. The van der Waals surface area contributed by atoms with Crippen LogP contribution in [0.4, 0.5) is 23.7 Å². The number of cyclic esters (lactones) is 1. The molecule has 2 saturated heterocycles. The SMILES string of the molecule is COc1ccc(N2CC(CN3CCC(O)(C(F)(F)F)CC3)OC2=O)cc1OC. The quantitative estimate of drug-likeness (QED) is 0.813. The lowest BCUT2D eigenvalue weighted by molar-refractivity contribution is -0.272. The predicted octanol–water partition coefficient (Wildman–Crippen LogP) is 2.42. The van der Waals surface area contributed by atoms with Gasteiger partial charge in [0.1, 0.15) is 6.10 Å². The van der Waals surface area contributed by atoms with Gasteiger partial charge in [-0.1, -0.05) is 0 Å². The Morgan fingerprint density at radius 1 is 1.21 bits per heavy atom. The number of ether oxygens (including phenoxy) is 3. The lowest BCUT2D eigenvalue weighted by Crippen LogP contribution is -2.54. The molecule has 1 aromatic carbocycles. The lowest BCUT2D eigenvalue weighted by Gasteiger charge is -2.39. The minimum atomic E-state index is -4.64. The van der Waals surface area contributed by atoms with Crippen LogP contribution in [0.25, 0.3) is 0 Å². The normalized spacial score (nSPS) is 22.9. The van der Waals surface area contributed by atoms with Crippen LogP contribution in [0, 0.1) is 0 Å². The van der Waals surface area contributed by atoms with E-state index < -0.39 is 36.8 Å². The van der Waals surface area contributed by atoms with Gasteiger partial charge < -0.3 is 19.3 Å². The van der Waals surface area contributed by atoms with E-state index in [0.717, 1.165) is 0 Å². The maximum atomic E-state index is 12.9. The van der Waals surface area contributed by atoms with Crippen LogP contribution in [-0.4, -0.2) is 74.4 Å². The summed E-state index contributed by atoms with van der Waals surface area (Å²) in [5, 5.41) is 9.74. The average molecular weight is 404 g/mol. The summed E-state index contributed by atoms with van der Waals surface area (Å²) in [6.07, 6.45) is -6.42. The molecular weight excluding hydrogens is 381 g/mol. The van der Waals surface area contributed by atoms with E-state index in [9.17, 15) is 23.1 Å². The smallest absolute Gasteiger partial charge is 0.417 e. The summed E-state index contributed by atoms with van der Waals surface area (Å²) < 4.78 is 54.5. The van der Waals surface area contributed by atoms with Crippen molar-refractivity contribution >= 4 is 11.8 Å². The Labute approximate surface area is 160 Å². The van der Waals surface area contributed by atoms with Crippen molar-refractivity contribution in [3.05, 3.63) is 18.2 Å². The molecule has 0 aromatic heterocycles. The lowest BCUT2D eigenvalue weighted by atomic mass is 9.90. The summed E-state index contributed by atoms with van der Waals surface area (Å²) in [7, 11) is 3.00. The second-order valence-corrected chi connectivity index (χ2v) is 6.99. The summed E-state index contributed by atoms with van der Waals surface area (Å²) in [5.74, 6) is 1.000. The minimum Gasteiger partial charge on any atom is -0.493 e. The van der Waals surface area contributed by atoms with E-state index >= 15 is 0 Å². The number of methoxy groups -OCH3 is 2. The molecule has 1 unspecified atom stereocenters. The number of benzene rings is 1. The summed E-state index contributed by atoms with van der Waals surface area (Å²) in [4.78, 5) is 15.5. The second kappa shape index (κ2) is 7.67. The molecule has 0 spiro atoms. The Bertz CT molecular complexity index is 720. The number of alkyl halides is 3. The van der Waals surface area contributed by atoms with Crippen LogP contribution in [0.3, 0.4) is 0 Å².